The Hall–Kier alpha value is -2.41. The van der Waals surface area contributed by atoms with E-state index in [1.807, 2.05) is 25.1 Å². The van der Waals surface area contributed by atoms with E-state index in [4.69, 9.17) is 27.6 Å². The van der Waals surface area contributed by atoms with Gasteiger partial charge in [-0.05, 0) is 36.8 Å². The summed E-state index contributed by atoms with van der Waals surface area (Å²) in [7, 11) is 0. The van der Waals surface area contributed by atoms with Crippen LogP contribution in [0.3, 0.4) is 0 Å². The monoisotopic (exact) mass is 405 g/mol. The minimum atomic E-state index is -0.539. The van der Waals surface area contributed by atoms with E-state index < -0.39 is 5.82 Å². The molecular formula is C19H14Cl2FN3O2. The normalized spacial score (nSPS) is 12.7. The second-order valence-electron chi connectivity index (χ2n) is 6.18. The average molecular weight is 406 g/mol. The van der Waals surface area contributed by atoms with Crippen LogP contribution in [0.2, 0.25) is 10.0 Å². The van der Waals surface area contributed by atoms with Gasteiger partial charge in [0.2, 0.25) is 5.58 Å². The number of para-hydroxylation sites is 1. The van der Waals surface area contributed by atoms with Gasteiger partial charge in [0, 0.05) is 16.5 Å². The Kier molecular flexibility index (Phi) is 4.63. The molecule has 0 saturated heterocycles. The first-order valence-corrected chi connectivity index (χ1v) is 8.98. The fourth-order valence-corrected chi connectivity index (χ4v) is 3.51. The number of hydrogen-bond donors (Lipinski definition) is 2. The number of rotatable bonds is 4. The van der Waals surface area contributed by atoms with Gasteiger partial charge < -0.3 is 14.7 Å². The lowest BCUT2D eigenvalue weighted by molar-refractivity contribution is 0.551. The quantitative estimate of drug-likeness (QED) is 0.470. The maximum atomic E-state index is 13.7. The van der Waals surface area contributed by atoms with Crippen LogP contribution in [0.15, 0.2) is 45.6 Å². The van der Waals surface area contributed by atoms with Crippen LogP contribution in [0.5, 0.6) is 0 Å². The Labute approximate surface area is 163 Å². The van der Waals surface area contributed by atoms with Crippen molar-refractivity contribution in [3.63, 3.8) is 0 Å². The first kappa shape index (κ1) is 18.0. The molecule has 0 unspecified atom stereocenters. The fourth-order valence-electron chi connectivity index (χ4n) is 2.96. The van der Waals surface area contributed by atoms with Gasteiger partial charge in [0.1, 0.15) is 22.7 Å². The smallest absolute Gasteiger partial charge is 0.294 e. The highest BCUT2D eigenvalue weighted by Crippen LogP contribution is 2.29. The van der Waals surface area contributed by atoms with Gasteiger partial charge in [-0.1, -0.05) is 35.3 Å². The van der Waals surface area contributed by atoms with Gasteiger partial charge in [-0.25, -0.2) is 9.37 Å². The largest absolute Gasteiger partial charge is 0.449 e. The van der Waals surface area contributed by atoms with Crippen molar-refractivity contribution in [1.82, 2.24) is 15.3 Å². The summed E-state index contributed by atoms with van der Waals surface area (Å²) in [4.78, 5) is 19.5. The van der Waals surface area contributed by atoms with Gasteiger partial charge in [0.05, 0.1) is 11.6 Å². The molecule has 27 heavy (non-hydrogen) atoms. The van der Waals surface area contributed by atoms with Crippen LogP contribution in [-0.2, 0) is 6.54 Å². The lowest BCUT2D eigenvalue weighted by Crippen LogP contribution is -2.22. The standard InChI is InChI=1S/C19H14Cl2FN3O2/c1-9(11-6-14(22)13(21)7-12(11)20)23-8-16-24-17-10-4-2-3-5-15(10)27-18(17)19(26)25-16/h2-7,9,23H,8H2,1H3,(H,24,25,26)/t9-/m0/s1. The van der Waals surface area contributed by atoms with Crippen molar-refractivity contribution in [2.45, 2.75) is 19.5 Å². The van der Waals surface area contributed by atoms with E-state index in [0.717, 1.165) is 5.39 Å². The summed E-state index contributed by atoms with van der Waals surface area (Å²) in [5.74, 6) is -0.0982. The molecule has 5 nitrogen and oxygen atoms in total. The maximum Gasteiger partial charge on any atom is 0.294 e. The van der Waals surface area contributed by atoms with Gasteiger partial charge >= 0.3 is 0 Å². The van der Waals surface area contributed by atoms with Crippen LogP contribution in [0.1, 0.15) is 24.4 Å². The lowest BCUT2D eigenvalue weighted by atomic mass is 10.1. The number of H-pyrrole nitrogens is 1. The minimum Gasteiger partial charge on any atom is -0.449 e. The molecule has 4 aromatic rings. The highest BCUT2D eigenvalue weighted by Gasteiger charge is 2.16. The van der Waals surface area contributed by atoms with Crippen molar-refractivity contribution in [3.05, 3.63) is 74.0 Å². The zero-order valence-corrected chi connectivity index (χ0v) is 15.7. The number of fused-ring (bicyclic) bond motifs is 3. The molecule has 2 N–H and O–H groups in total. The molecule has 0 aliphatic carbocycles. The third-order valence-electron chi connectivity index (χ3n) is 4.36. The van der Waals surface area contributed by atoms with Crippen LogP contribution in [0, 0.1) is 5.82 Å². The number of halogens is 3. The predicted molar refractivity (Wildman–Crippen MR) is 104 cm³/mol. The van der Waals surface area contributed by atoms with E-state index in [-0.39, 0.29) is 28.8 Å². The van der Waals surface area contributed by atoms with Crippen LogP contribution < -0.4 is 10.9 Å². The van der Waals surface area contributed by atoms with E-state index >= 15 is 0 Å². The Bertz CT molecular complexity index is 1220. The number of hydrogen-bond acceptors (Lipinski definition) is 4. The summed E-state index contributed by atoms with van der Waals surface area (Å²) in [5, 5.41) is 4.28. The number of aromatic nitrogens is 2. The Morgan fingerprint density at radius 3 is 2.85 bits per heavy atom. The molecule has 1 atom stereocenters. The third-order valence-corrected chi connectivity index (χ3v) is 4.98. The molecule has 0 fully saturated rings. The van der Waals surface area contributed by atoms with E-state index in [1.165, 1.54) is 12.1 Å². The molecule has 8 heteroatoms. The first-order valence-electron chi connectivity index (χ1n) is 8.22. The molecule has 0 bridgehead atoms. The highest BCUT2D eigenvalue weighted by molar-refractivity contribution is 6.35. The molecule has 0 radical (unpaired) electrons. The van der Waals surface area contributed by atoms with Gasteiger partial charge in [-0.15, -0.1) is 0 Å². The van der Waals surface area contributed by atoms with Crippen LogP contribution >= 0.6 is 23.2 Å². The van der Waals surface area contributed by atoms with Crippen molar-refractivity contribution in [1.29, 1.82) is 0 Å². The zero-order valence-electron chi connectivity index (χ0n) is 14.1. The molecule has 0 aliphatic rings. The van der Waals surface area contributed by atoms with Crippen LogP contribution in [0.25, 0.3) is 22.1 Å². The molecular weight excluding hydrogens is 392 g/mol. The van der Waals surface area contributed by atoms with Gasteiger partial charge in [0.15, 0.2) is 0 Å². The summed E-state index contributed by atoms with van der Waals surface area (Å²) in [5.41, 5.74) is 1.52. The van der Waals surface area contributed by atoms with E-state index in [0.29, 0.717) is 27.5 Å². The molecule has 2 aromatic carbocycles. The third kappa shape index (κ3) is 3.32. The van der Waals surface area contributed by atoms with Crippen molar-refractivity contribution < 1.29 is 8.81 Å². The predicted octanol–water partition coefficient (Wildman–Crippen LogP) is 4.97. The minimum absolute atomic E-state index is 0.0285. The summed E-state index contributed by atoms with van der Waals surface area (Å²) in [6, 6.07) is 9.71. The number of nitrogens with zero attached hydrogens (tertiary/aromatic N) is 1. The number of aromatic amines is 1. The lowest BCUT2D eigenvalue weighted by Gasteiger charge is -2.16. The summed E-state index contributed by atoms with van der Waals surface area (Å²) in [6.07, 6.45) is 0. The second kappa shape index (κ2) is 6.96. The Morgan fingerprint density at radius 2 is 2.04 bits per heavy atom. The zero-order chi connectivity index (χ0) is 19.1. The Balaban J connectivity index is 1.63. The molecule has 0 saturated carbocycles. The molecule has 2 heterocycles. The molecule has 4 rings (SSSR count). The molecule has 0 aliphatic heterocycles. The number of benzene rings is 2. The number of nitrogens with one attached hydrogen (secondary N) is 2. The van der Waals surface area contributed by atoms with E-state index in [9.17, 15) is 9.18 Å². The topological polar surface area (TPSA) is 70.9 Å². The molecule has 2 aromatic heterocycles. The average Bonchev–Trinajstić information content (AvgIpc) is 3.02. The highest BCUT2D eigenvalue weighted by atomic mass is 35.5. The van der Waals surface area contributed by atoms with Crippen molar-refractivity contribution in [3.8, 4) is 0 Å². The van der Waals surface area contributed by atoms with Crippen molar-refractivity contribution in [2.24, 2.45) is 0 Å². The van der Waals surface area contributed by atoms with Crippen molar-refractivity contribution >= 4 is 45.3 Å². The Morgan fingerprint density at radius 1 is 1.26 bits per heavy atom. The maximum absolute atomic E-state index is 13.7. The summed E-state index contributed by atoms with van der Waals surface area (Å²) in [6.45, 7) is 2.09. The van der Waals surface area contributed by atoms with Gasteiger partial charge in [0.25, 0.3) is 5.56 Å². The molecule has 138 valence electrons. The first-order chi connectivity index (χ1) is 12.9. The second-order valence-corrected chi connectivity index (χ2v) is 6.99. The van der Waals surface area contributed by atoms with Crippen molar-refractivity contribution in [2.75, 3.05) is 0 Å². The van der Waals surface area contributed by atoms with E-state index in [2.05, 4.69) is 15.3 Å². The fraction of sp³-hybridized carbons (Fsp3) is 0.158. The summed E-state index contributed by atoms with van der Waals surface area (Å²) >= 11 is 11.9. The van der Waals surface area contributed by atoms with Crippen LogP contribution in [-0.4, -0.2) is 9.97 Å². The summed E-state index contributed by atoms with van der Waals surface area (Å²) < 4.78 is 19.3. The van der Waals surface area contributed by atoms with Gasteiger partial charge in [-0.3, -0.25) is 4.79 Å². The SMILES string of the molecule is C[C@H](NCc1nc2c(oc3ccccc32)c(=O)[nH]1)c1cc(F)c(Cl)cc1Cl. The number of furan rings is 1. The van der Waals surface area contributed by atoms with Gasteiger partial charge in [-0.2, -0.15) is 0 Å². The van der Waals surface area contributed by atoms with Crippen LogP contribution in [0.4, 0.5) is 4.39 Å². The molecule has 0 spiro atoms. The molecule has 0 amide bonds. The van der Waals surface area contributed by atoms with E-state index in [1.54, 1.807) is 6.07 Å².